The van der Waals surface area contributed by atoms with E-state index >= 15 is 0 Å². The molecule has 4 heteroatoms. The van der Waals surface area contributed by atoms with Crippen LogP contribution in [0.2, 0.25) is 0 Å². The Bertz CT molecular complexity index is 425. The van der Waals surface area contributed by atoms with Gasteiger partial charge >= 0.3 is 0 Å². The lowest BCUT2D eigenvalue weighted by atomic mass is 9.85. The van der Waals surface area contributed by atoms with Crippen LogP contribution in [0.3, 0.4) is 0 Å². The molecule has 0 aliphatic heterocycles. The zero-order valence-electron chi connectivity index (χ0n) is 13.9. The summed E-state index contributed by atoms with van der Waals surface area (Å²) in [6.45, 7) is 9.43. The Morgan fingerprint density at radius 3 is 2.67 bits per heavy atom. The predicted molar refractivity (Wildman–Crippen MR) is 85.3 cm³/mol. The Morgan fingerprint density at radius 2 is 2.05 bits per heavy atom. The van der Waals surface area contributed by atoms with Gasteiger partial charge in [-0.1, -0.05) is 19.8 Å². The Labute approximate surface area is 128 Å². The molecule has 0 radical (unpaired) electrons. The van der Waals surface area contributed by atoms with Gasteiger partial charge in [0.05, 0.1) is 18.1 Å². The smallest absolute Gasteiger partial charge is 0.232 e. The van der Waals surface area contributed by atoms with Gasteiger partial charge in [0.1, 0.15) is 6.10 Å². The van der Waals surface area contributed by atoms with Gasteiger partial charge in [0.15, 0.2) is 0 Å². The molecule has 1 aromatic heterocycles. The molecule has 0 amide bonds. The molecule has 4 nitrogen and oxygen atoms in total. The van der Waals surface area contributed by atoms with Crippen molar-refractivity contribution in [3.63, 3.8) is 0 Å². The van der Waals surface area contributed by atoms with Crippen molar-refractivity contribution in [1.29, 1.82) is 0 Å². The molecule has 1 aliphatic rings. The van der Waals surface area contributed by atoms with E-state index in [9.17, 15) is 0 Å². The van der Waals surface area contributed by atoms with Crippen LogP contribution in [0.25, 0.3) is 0 Å². The maximum Gasteiger partial charge on any atom is 0.232 e. The second-order valence-corrected chi connectivity index (χ2v) is 7.13. The van der Waals surface area contributed by atoms with Crippen molar-refractivity contribution < 1.29 is 4.74 Å². The Kier molecular flexibility index (Phi) is 5.57. The van der Waals surface area contributed by atoms with E-state index in [-0.39, 0.29) is 5.54 Å². The molecule has 0 bridgehead atoms. The number of rotatable bonds is 5. The summed E-state index contributed by atoms with van der Waals surface area (Å²) in [6.07, 6.45) is 10.1. The van der Waals surface area contributed by atoms with Crippen molar-refractivity contribution in [3.8, 4) is 5.88 Å². The molecule has 21 heavy (non-hydrogen) atoms. The lowest BCUT2D eigenvalue weighted by Crippen LogP contribution is -2.35. The van der Waals surface area contributed by atoms with Crippen LogP contribution in [0, 0.1) is 5.92 Å². The number of hydrogen-bond donors (Lipinski definition) is 1. The standard InChI is InChI=1S/C17H29N3O/c1-5-13-7-6-8-15(9-13)21-16-12-18-14(10-19-16)11-20-17(2,3)4/h10,12-13,15,20H,5-9,11H2,1-4H3. The Morgan fingerprint density at radius 1 is 1.24 bits per heavy atom. The minimum Gasteiger partial charge on any atom is -0.473 e. The van der Waals surface area contributed by atoms with Crippen molar-refractivity contribution in [2.45, 2.75) is 78.0 Å². The first-order valence-electron chi connectivity index (χ1n) is 8.19. The van der Waals surface area contributed by atoms with Crippen LogP contribution in [0.5, 0.6) is 5.88 Å². The van der Waals surface area contributed by atoms with E-state index in [2.05, 4.69) is 43.0 Å². The maximum absolute atomic E-state index is 5.99. The zero-order valence-corrected chi connectivity index (χ0v) is 13.9. The third-order valence-electron chi connectivity index (χ3n) is 4.08. The molecule has 1 aromatic rings. The summed E-state index contributed by atoms with van der Waals surface area (Å²) in [5, 5.41) is 3.41. The summed E-state index contributed by atoms with van der Waals surface area (Å²) in [5.41, 5.74) is 1.04. The summed E-state index contributed by atoms with van der Waals surface area (Å²) in [6, 6.07) is 0. The molecule has 1 fully saturated rings. The largest absolute Gasteiger partial charge is 0.473 e. The second-order valence-electron chi connectivity index (χ2n) is 7.13. The van der Waals surface area contributed by atoms with Crippen molar-refractivity contribution in [2.75, 3.05) is 0 Å². The first kappa shape index (κ1) is 16.2. The molecule has 2 atom stereocenters. The third kappa shape index (κ3) is 5.62. The van der Waals surface area contributed by atoms with E-state index in [0.717, 1.165) is 31.0 Å². The number of aromatic nitrogens is 2. The number of nitrogens with one attached hydrogen (secondary N) is 1. The van der Waals surface area contributed by atoms with Gasteiger partial charge in [-0.3, -0.25) is 4.98 Å². The molecule has 0 aromatic carbocycles. The van der Waals surface area contributed by atoms with Crippen LogP contribution >= 0.6 is 0 Å². The highest BCUT2D eigenvalue weighted by molar-refractivity contribution is 5.08. The summed E-state index contributed by atoms with van der Waals surface area (Å²) >= 11 is 0. The fraction of sp³-hybridized carbons (Fsp3) is 0.765. The average Bonchev–Trinajstić information content (AvgIpc) is 2.46. The van der Waals surface area contributed by atoms with E-state index in [1.54, 1.807) is 6.20 Å². The first-order valence-corrected chi connectivity index (χ1v) is 8.19. The predicted octanol–water partition coefficient (Wildman–Crippen LogP) is 3.71. The molecule has 2 rings (SSSR count). The fourth-order valence-electron chi connectivity index (χ4n) is 2.74. The van der Waals surface area contributed by atoms with Crippen LogP contribution in [-0.2, 0) is 6.54 Å². The number of ether oxygens (including phenoxy) is 1. The molecule has 1 heterocycles. The highest BCUT2D eigenvalue weighted by atomic mass is 16.5. The maximum atomic E-state index is 5.99. The van der Waals surface area contributed by atoms with Gasteiger partial charge in [-0.15, -0.1) is 0 Å². The monoisotopic (exact) mass is 291 g/mol. The van der Waals surface area contributed by atoms with Gasteiger partial charge < -0.3 is 10.1 Å². The molecule has 2 unspecified atom stereocenters. The fourth-order valence-corrected chi connectivity index (χ4v) is 2.74. The van der Waals surface area contributed by atoms with Gasteiger partial charge in [-0.25, -0.2) is 4.98 Å². The zero-order chi connectivity index (χ0) is 15.3. The van der Waals surface area contributed by atoms with Crippen molar-refractivity contribution in [1.82, 2.24) is 15.3 Å². The van der Waals surface area contributed by atoms with Crippen LogP contribution < -0.4 is 10.1 Å². The van der Waals surface area contributed by atoms with Gasteiger partial charge in [-0.05, 0) is 46.0 Å². The van der Waals surface area contributed by atoms with Crippen molar-refractivity contribution >= 4 is 0 Å². The van der Waals surface area contributed by atoms with Crippen molar-refractivity contribution in [3.05, 3.63) is 18.1 Å². The van der Waals surface area contributed by atoms with E-state index < -0.39 is 0 Å². The summed E-state index contributed by atoms with van der Waals surface area (Å²) in [4.78, 5) is 8.84. The molecular formula is C17H29N3O. The van der Waals surface area contributed by atoms with Gasteiger partial charge in [-0.2, -0.15) is 0 Å². The van der Waals surface area contributed by atoms with E-state index in [4.69, 9.17) is 4.74 Å². The second kappa shape index (κ2) is 7.21. The average molecular weight is 291 g/mol. The molecule has 0 saturated heterocycles. The van der Waals surface area contributed by atoms with Crippen molar-refractivity contribution in [2.24, 2.45) is 5.92 Å². The van der Waals surface area contributed by atoms with Crippen LogP contribution in [0.15, 0.2) is 12.4 Å². The van der Waals surface area contributed by atoms with Crippen LogP contribution in [-0.4, -0.2) is 21.6 Å². The lowest BCUT2D eigenvalue weighted by Gasteiger charge is -2.28. The van der Waals surface area contributed by atoms with E-state index in [0.29, 0.717) is 12.0 Å². The quantitative estimate of drug-likeness (QED) is 0.898. The van der Waals surface area contributed by atoms with Gasteiger partial charge in [0, 0.05) is 12.1 Å². The number of nitrogens with zero attached hydrogens (tertiary/aromatic N) is 2. The molecule has 1 saturated carbocycles. The SMILES string of the molecule is CCC1CCCC(Oc2cnc(CNC(C)(C)C)cn2)C1. The number of hydrogen-bond acceptors (Lipinski definition) is 4. The normalized spacial score (nSPS) is 23.0. The van der Waals surface area contributed by atoms with Crippen LogP contribution in [0.4, 0.5) is 0 Å². The van der Waals surface area contributed by atoms with Gasteiger partial charge in [0.2, 0.25) is 5.88 Å². The molecule has 0 spiro atoms. The summed E-state index contributed by atoms with van der Waals surface area (Å²) < 4.78 is 5.99. The molecule has 1 N–H and O–H groups in total. The van der Waals surface area contributed by atoms with E-state index in [1.807, 2.05) is 6.20 Å². The Hall–Kier alpha value is -1.16. The molecule has 118 valence electrons. The summed E-state index contributed by atoms with van der Waals surface area (Å²) in [5.74, 6) is 1.48. The Balaban J connectivity index is 1.84. The first-order chi connectivity index (χ1) is 9.96. The van der Waals surface area contributed by atoms with Crippen LogP contribution in [0.1, 0.15) is 65.5 Å². The van der Waals surface area contributed by atoms with E-state index in [1.165, 1.54) is 19.3 Å². The third-order valence-corrected chi connectivity index (χ3v) is 4.08. The topological polar surface area (TPSA) is 47.0 Å². The minimum atomic E-state index is 0.0914. The molecule has 1 aliphatic carbocycles. The highest BCUT2D eigenvalue weighted by Crippen LogP contribution is 2.28. The highest BCUT2D eigenvalue weighted by Gasteiger charge is 2.22. The molecular weight excluding hydrogens is 262 g/mol. The lowest BCUT2D eigenvalue weighted by molar-refractivity contribution is 0.116. The summed E-state index contributed by atoms with van der Waals surface area (Å²) in [7, 11) is 0. The minimum absolute atomic E-state index is 0.0914. The van der Waals surface area contributed by atoms with Gasteiger partial charge in [0.25, 0.3) is 0 Å².